The molecule has 2 heterocycles. The average molecular weight is 313 g/mol. The van der Waals surface area contributed by atoms with Gasteiger partial charge in [-0.2, -0.15) is 4.98 Å². The van der Waals surface area contributed by atoms with Crippen LogP contribution < -0.4 is 10.1 Å². The van der Waals surface area contributed by atoms with Crippen LogP contribution in [0.2, 0.25) is 0 Å². The van der Waals surface area contributed by atoms with Gasteiger partial charge >= 0.3 is 12.0 Å². The van der Waals surface area contributed by atoms with E-state index in [9.17, 15) is 4.79 Å². The van der Waals surface area contributed by atoms with Crippen molar-refractivity contribution in [3.8, 4) is 6.01 Å². The summed E-state index contributed by atoms with van der Waals surface area (Å²) in [6.07, 6.45) is 5.53. The van der Waals surface area contributed by atoms with Gasteiger partial charge in [0.05, 0.1) is 7.11 Å². The molecule has 0 aliphatic heterocycles. The van der Waals surface area contributed by atoms with E-state index >= 15 is 0 Å². The highest BCUT2D eigenvalue weighted by Crippen LogP contribution is 2.29. The van der Waals surface area contributed by atoms with Crippen LogP contribution in [-0.4, -0.2) is 39.0 Å². The van der Waals surface area contributed by atoms with Crippen molar-refractivity contribution in [2.75, 3.05) is 12.4 Å². The van der Waals surface area contributed by atoms with Crippen molar-refractivity contribution in [2.24, 2.45) is 0 Å². The summed E-state index contributed by atoms with van der Waals surface area (Å²) < 4.78 is 5.04. The van der Waals surface area contributed by atoms with Crippen LogP contribution in [0, 0.1) is 6.92 Å². The number of pyridine rings is 1. The van der Waals surface area contributed by atoms with Crippen molar-refractivity contribution < 1.29 is 9.53 Å². The van der Waals surface area contributed by atoms with Crippen molar-refractivity contribution in [3.63, 3.8) is 0 Å². The predicted molar refractivity (Wildman–Crippen MR) is 85.1 cm³/mol. The molecule has 2 aromatic rings. The molecule has 1 fully saturated rings. The topological polar surface area (TPSA) is 80.2 Å². The van der Waals surface area contributed by atoms with Gasteiger partial charge in [-0.3, -0.25) is 10.3 Å². The Morgan fingerprint density at radius 3 is 2.74 bits per heavy atom. The molecule has 1 saturated carbocycles. The largest absolute Gasteiger partial charge is 0.467 e. The summed E-state index contributed by atoms with van der Waals surface area (Å²) in [6, 6.07) is 5.92. The third kappa shape index (κ3) is 3.94. The lowest BCUT2D eigenvalue weighted by molar-refractivity contribution is 0.206. The lowest BCUT2D eigenvalue weighted by atomic mass is 10.2. The SMILES string of the molecule is COc1nc(C)cc(NC(=O)N(Cc2ccncc2)C2CC2)n1. The van der Waals surface area contributed by atoms with Gasteiger partial charge < -0.3 is 9.64 Å². The van der Waals surface area contributed by atoms with Gasteiger partial charge in [0, 0.05) is 36.7 Å². The molecule has 23 heavy (non-hydrogen) atoms. The van der Waals surface area contributed by atoms with E-state index in [1.165, 1.54) is 7.11 Å². The summed E-state index contributed by atoms with van der Waals surface area (Å²) >= 11 is 0. The first-order valence-electron chi connectivity index (χ1n) is 7.52. The molecule has 0 saturated heterocycles. The fraction of sp³-hybridized carbons (Fsp3) is 0.375. The van der Waals surface area contributed by atoms with Crippen LogP contribution in [0.5, 0.6) is 6.01 Å². The van der Waals surface area contributed by atoms with Crippen LogP contribution in [0.4, 0.5) is 10.6 Å². The van der Waals surface area contributed by atoms with E-state index < -0.39 is 0 Å². The normalized spacial score (nSPS) is 13.5. The van der Waals surface area contributed by atoms with Crippen LogP contribution in [0.3, 0.4) is 0 Å². The summed E-state index contributed by atoms with van der Waals surface area (Å²) in [5, 5.41) is 2.84. The highest BCUT2D eigenvalue weighted by atomic mass is 16.5. The number of hydrogen-bond donors (Lipinski definition) is 1. The highest BCUT2D eigenvalue weighted by Gasteiger charge is 2.32. The van der Waals surface area contributed by atoms with Crippen LogP contribution in [0.15, 0.2) is 30.6 Å². The van der Waals surface area contributed by atoms with Crippen molar-refractivity contribution in [2.45, 2.75) is 32.4 Å². The first-order valence-corrected chi connectivity index (χ1v) is 7.52. The van der Waals surface area contributed by atoms with Gasteiger partial charge in [-0.05, 0) is 37.5 Å². The molecule has 120 valence electrons. The number of methoxy groups -OCH3 is 1. The van der Waals surface area contributed by atoms with Crippen LogP contribution >= 0.6 is 0 Å². The van der Waals surface area contributed by atoms with E-state index in [2.05, 4.69) is 20.3 Å². The first kappa shape index (κ1) is 15.2. The van der Waals surface area contributed by atoms with Crippen molar-refractivity contribution >= 4 is 11.8 Å². The Bertz CT molecular complexity index is 688. The standard InChI is InChI=1S/C16H19N5O2/c1-11-9-14(19-15(18-11)23-2)20-16(22)21(13-3-4-13)10-12-5-7-17-8-6-12/h5-9,13H,3-4,10H2,1-2H3,(H,18,19,20,22). The zero-order chi connectivity index (χ0) is 16.2. The second-order valence-corrected chi connectivity index (χ2v) is 5.53. The van der Waals surface area contributed by atoms with Gasteiger partial charge in [-0.1, -0.05) is 0 Å². The Kier molecular flexibility index (Phi) is 4.36. The summed E-state index contributed by atoms with van der Waals surface area (Å²) in [6.45, 7) is 2.38. The van der Waals surface area contributed by atoms with Crippen LogP contribution in [0.25, 0.3) is 0 Å². The molecular formula is C16H19N5O2. The zero-order valence-electron chi connectivity index (χ0n) is 13.2. The number of aromatic nitrogens is 3. The first-order chi connectivity index (χ1) is 11.2. The quantitative estimate of drug-likeness (QED) is 0.916. The Labute approximate surface area is 134 Å². The minimum atomic E-state index is -0.163. The Morgan fingerprint density at radius 2 is 2.09 bits per heavy atom. The molecule has 1 N–H and O–H groups in total. The molecule has 0 aromatic carbocycles. The molecule has 2 aromatic heterocycles. The lowest BCUT2D eigenvalue weighted by Gasteiger charge is -2.22. The Hall–Kier alpha value is -2.70. The fourth-order valence-corrected chi connectivity index (χ4v) is 2.32. The number of aryl methyl sites for hydroxylation is 1. The molecular weight excluding hydrogens is 294 g/mol. The monoisotopic (exact) mass is 313 g/mol. The number of ether oxygens (including phenoxy) is 1. The van der Waals surface area contributed by atoms with E-state index in [1.807, 2.05) is 24.0 Å². The lowest BCUT2D eigenvalue weighted by Crippen LogP contribution is -2.36. The fourth-order valence-electron chi connectivity index (χ4n) is 2.32. The predicted octanol–water partition coefficient (Wildman–Crippen LogP) is 2.39. The molecule has 1 aliphatic rings. The summed E-state index contributed by atoms with van der Waals surface area (Å²) in [5.41, 5.74) is 1.79. The van der Waals surface area contributed by atoms with Crippen molar-refractivity contribution in [1.29, 1.82) is 0 Å². The summed E-state index contributed by atoms with van der Waals surface area (Å²) in [5.74, 6) is 0.444. The van der Waals surface area contributed by atoms with E-state index in [0.29, 0.717) is 12.4 Å². The number of rotatable bonds is 5. The third-order valence-corrected chi connectivity index (χ3v) is 3.60. The summed E-state index contributed by atoms with van der Waals surface area (Å²) in [7, 11) is 1.50. The summed E-state index contributed by atoms with van der Waals surface area (Å²) in [4.78, 5) is 26.7. The molecule has 0 unspecified atom stereocenters. The minimum Gasteiger partial charge on any atom is -0.467 e. The number of hydrogen-bond acceptors (Lipinski definition) is 5. The third-order valence-electron chi connectivity index (χ3n) is 3.60. The molecule has 0 atom stereocenters. The number of urea groups is 1. The number of nitrogens with one attached hydrogen (secondary N) is 1. The maximum Gasteiger partial charge on any atom is 0.323 e. The Balaban J connectivity index is 1.73. The van der Waals surface area contributed by atoms with E-state index in [-0.39, 0.29) is 18.1 Å². The highest BCUT2D eigenvalue weighted by molar-refractivity contribution is 5.88. The second-order valence-electron chi connectivity index (χ2n) is 5.53. The Morgan fingerprint density at radius 1 is 1.35 bits per heavy atom. The molecule has 0 spiro atoms. The number of carbonyl (C=O) groups excluding carboxylic acids is 1. The number of carbonyl (C=O) groups is 1. The van der Waals surface area contributed by atoms with E-state index in [1.54, 1.807) is 18.5 Å². The molecule has 0 radical (unpaired) electrons. The molecule has 0 bridgehead atoms. The zero-order valence-corrected chi connectivity index (χ0v) is 13.2. The number of nitrogens with zero attached hydrogens (tertiary/aromatic N) is 4. The molecule has 2 amide bonds. The van der Waals surface area contributed by atoms with Crippen molar-refractivity contribution in [1.82, 2.24) is 19.9 Å². The van der Waals surface area contributed by atoms with Gasteiger partial charge in [-0.25, -0.2) is 9.78 Å². The van der Waals surface area contributed by atoms with Crippen LogP contribution in [-0.2, 0) is 6.54 Å². The number of amides is 2. The molecule has 3 rings (SSSR count). The van der Waals surface area contributed by atoms with Crippen molar-refractivity contribution in [3.05, 3.63) is 41.9 Å². The molecule has 7 heteroatoms. The number of anilines is 1. The average Bonchev–Trinajstić information content (AvgIpc) is 3.37. The maximum absolute atomic E-state index is 12.6. The van der Waals surface area contributed by atoms with Gasteiger partial charge in [-0.15, -0.1) is 0 Å². The minimum absolute atomic E-state index is 0.163. The smallest absolute Gasteiger partial charge is 0.323 e. The van der Waals surface area contributed by atoms with Gasteiger partial charge in [0.1, 0.15) is 5.82 Å². The van der Waals surface area contributed by atoms with Gasteiger partial charge in [0.2, 0.25) is 0 Å². The molecule has 1 aliphatic carbocycles. The van der Waals surface area contributed by atoms with Gasteiger partial charge in [0.15, 0.2) is 0 Å². The van der Waals surface area contributed by atoms with E-state index in [0.717, 1.165) is 24.1 Å². The second kappa shape index (κ2) is 6.60. The molecule has 7 nitrogen and oxygen atoms in total. The van der Waals surface area contributed by atoms with Crippen LogP contribution in [0.1, 0.15) is 24.1 Å². The maximum atomic E-state index is 12.6. The van der Waals surface area contributed by atoms with E-state index in [4.69, 9.17) is 4.74 Å². The van der Waals surface area contributed by atoms with Gasteiger partial charge in [0.25, 0.3) is 0 Å².